The zero-order valence-electron chi connectivity index (χ0n) is 13.9. The number of carbonyl (C=O) groups excluding carboxylic acids is 1. The highest BCUT2D eigenvalue weighted by Crippen LogP contribution is 2.18. The van der Waals surface area contributed by atoms with E-state index in [4.69, 9.17) is 14.2 Å². The minimum absolute atomic E-state index is 0.341. The van der Waals surface area contributed by atoms with E-state index >= 15 is 0 Å². The fourth-order valence-electron chi connectivity index (χ4n) is 2.14. The third-order valence-electron chi connectivity index (χ3n) is 3.00. The molecule has 0 fully saturated rings. The van der Waals surface area contributed by atoms with Gasteiger partial charge in [-0.3, -0.25) is 4.57 Å². The van der Waals surface area contributed by atoms with Gasteiger partial charge in [0.25, 0.3) is 0 Å². The summed E-state index contributed by atoms with van der Waals surface area (Å²) in [6, 6.07) is 3.79. The van der Waals surface area contributed by atoms with Crippen LogP contribution in [-0.4, -0.2) is 38.4 Å². The second-order valence-corrected chi connectivity index (χ2v) is 10.7. The third kappa shape index (κ3) is 4.43. The minimum atomic E-state index is -1.65. The molecule has 1 heterocycles. The lowest BCUT2D eigenvalue weighted by Crippen LogP contribution is -2.45. The molecule has 1 aromatic heterocycles. The third-order valence-corrected chi connectivity index (χ3v) is 4.94. The zero-order chi connectivity index (χ0) is 16.0. The lowest BCUT2D eigenvalue weighted by atomic mass is 10.4. The van der Waals surface area contributed by atoms with Crippen molar-refractivity contribution in [3.63, 3.8) is 0 Å². The Kier molecular flexibility index (Phi) is 6.64. The Labute approximate surface area is 128 Å². The Balaban J connectivity index is 3.33. The highest BCUT2D eigenvalue weighted by Gasteiger charge is 2.29. The maximum absolute atomic E-state index is 12.2. The SMILES string of the molecule is CCOC(=O)c1ccc([Si](C)(C)C)n1C(OCC)OCC. The van der Waals surface area contributed by atoms with Crippen LogP contribution in [0.1, 0.15) is 37.7 Å². The number of esters is 1. The average molecular weight is 313 g/mol. The van der Waals surface area contributed by atoms with Crippen molar-refractivity contribution in [3.8, 4) is 0 Å². The second kappa shape index (κ2) is 7.77. The first kappa shape index (κ1) is 17.9. The Morgan fingerprint density at radius 3 is 2.10 bits per heavy atom. The molecule has 6 heteroatoms. The summed E-state index contributed by atoms with van der Waals surface area (Å²) < 4.78 is 18.4. The summed E-state index contributed by atoms with van der Waals surface area (Å²) in [7, 11) is -1.65. The summed E-state index contributed by atoms with van der Waals surface area (Å²) in [5.74, 6) is -0.341. The molecule has 21 heavy (non-hydrogen) atoms. The van der Waals surface area contributed by atoms with Gasteiger partial charge in [0, 0.05) is 18.5 Å². The Morgan fingerprint density at radius 1 is 1.10 bits per heavy atom. The Hall–Kier alpha value is -1.11. The van der Waals surface area contributed by atoms with Gasteiger partial charge in [0.15, 0.2) is 0 Å². The molecule has 0 atom stereocenters. The van der Waals surface area contributed by atoms with Gasteiger partial charge in [-0.05, 0) is 32.9 Å². The molecule has 0 bridgehead atoms. The molecule has 0 spiro atoms. The molecule has 1 aromatic rings. The first-order chi connectivity index (χ1) is 9.86. The van der Waals surface area contributed by atoms with Gasteiger partial charge in [-0.2, -0.15) is 0 Å². The molecule has 0 aliphatic rings. The van der Waals surface area contributed by atoms with E-state index in [1.54, 1.807) is 13.0 Å². The van der Waals surface area contributed by atoms with Crippen LogP contribution in [0.25, 0.3) is 0 Å². The number of hydrogen-bond donors (Lipinski definition) is 0. The van der Waals surface area contributed by atoms with Crippen LogP contribution in [0.3, 0.4) is 0 Å². The number of ether oxygens (including phenoxy) is 3. The van der Waals surface area contributed by atoms with Gasteiger partial charge in [-0.15, -0.1) is 0 Å². The van der Waals surface area contributed by atoms with E-state index in [1.807, 2.05) is 24.5 Å². The number of nitrogens with zero attached hydrogens (tertiary/aromatic N) is 1. The molecule has 120 valence electrons. The fraction of sp³-hybridized carbons (Fsp3) is 0.667. The predicted octanol–water partition coefficient (Wildman–Crippen LogP) is 2.74. The molecule has 0 saturated carbocycles. The second-order valence-electron chi connectivity index (χ2n) is 5.66. The van der Waals surface area contributed by atoms with Crippen LogP contribution in [0.15, 0.2) is 12.1 Å². The molecule has 0 amide bonds. The molecule has 0 saturated heterocycles. The van der Waals surface area contributed by atoms with Gasteiger partial charge in [-0.25, -0.2) is 4.79 Å². The van der Waals surface area contributed by atoms with E-state index in [2.05, 4.69) is 19.6 Å². The topological polar surface area (TPSA) is 49.7 Å². The van der Waals surface area contributed by atoms with Crippen molar-refractivity contribution in [1.29, 1.82) is 0 Å². The summed E-state index contributed by atoms with van der Waals surface area (Å²) in [5, 5.41) is 1.11. The first-order valence-corrected chi connectivity index (χ1v) is 11.0. The summed E-state index contributed by atoms with van der Waals surface area (Å²) in [5.41, 5.74) is 0.487. The zero-order valence-corrected chi connectivity index (χ0v) is 14.9. The molecular formula is C15H27NO4Si. The highest BCUT2D eigenvalue weighted by molar-refractivity contribution is 6.88. The lowest BCUT2D eigenvalue weighted by Gasteiger charge is -2.27. The van der Waals surface area contributed by atoms with Crippen molar-refractivity contribution in [2.24, 2.45) is 0 Å². The van der Waals surface area contributed by atoms with Gasteiger partial charge in [0.05, 0.1) is 14.7 Å². The lowest BCUT2D eigenvalue weighted by molar-refractivity contribution is -0.185. The maximum Gasteiger partial charge on any atom is 0.355 e. The summed E-state index contributed by atoms with van der Waals surface area (Å²) in [6.45, 7) is 13.7. The van der Waals surface area contributed by atoms with Crippen molar-refractivity contribution >= 4 is 19.4 Å². The van der Waals surface area contributed by atoms with Crippen molar-refractivity contribution in [2.45, 2.75) is 46.8 Å². The van der Waals surface area contributed by atoms with Gasteiger partial charge >= 0.3 is 5.97 Å². The summed E-state index contributed by atoms with van der Waals surface area (Å²) in [6.07, 6.45) is -0.587. The summed E-state index contributed by atoms with van der Waals surface area (Å²) >= 11 is 0. The smallest absolute Gasteiger partial charge is 0.355 e. The van der Waals surface area contributed by atoms with Crippen LogP contribution in [0.5, 0.6) is 0 Å². The van der Waals surface area contributed by atoms with Crippen molar-refractivity contribution < 1.29 is 19.0 Å². The number of carbonyl (C=O) groups is 1. The van der Waals surface area contributed by atoms with Gasteiger partial charge < -0.3 is 14.2 Å². The van der Waals surface area contributed by atoms with E-state index in [-0.39, 0.29) is 5.97 Å². The Morgan fingerprint density at radius 2 is 1.67 bits per heavy atom. The van der Waals surface area contributed by atoms with Crippen molar-refractivity contribution in [1.82, 2.24) is 4.57 Å². The van der Waals surface area contributed by atoms with Crippen LogP contribution in [-0.2, 0) is 14.2 Å². The van der Waals surface area contributed by atoms with Crippen LogP contribution in [0, 0.1) is 0 Å². The van der Waals surface area contributed by atoms with Crippen LogP contribution in [0.2, 0.25) is 19.6 Å². The highest BCUT2D eigenvalue weighted by atomic mass is 28.3. The van der Waals surface area contributed by atoms with Crippen LogP contribution < -0.4 is 5.32 Å². The Bertz CT molecular complexity index is 459. The summed E-state index contributed by atoms with van der Waals surface area (Å²) in [4.78, 5) is 12.2. The van der Waals surface area contributed by atoms with E-state index in [1.165, 1.54) is 0 Å². The quantitative estimate of drug-likeness (QED) is 0.421. The van der Waals surface area contributed by atoms with Gasteiger partial charge in [0.2, 0.25) is 6.41 Å². The van der Waals surface area contributed by atoms with Crippen LogP contribution >= 0.6 is 0 Å². The molecule has 1 rings (SSSR count). The minimum Gasteiger partial charge on any atom is -0.461 e. The average Bonchev–Trinajstić information content (AvgIpc) is 2.83. The first-order valence-electron chi connectivity index (χ1n) is 7.48. The van der Waals surface area contributed by atoms with Gasteiger partial charge in [-0.1, -0.05) is 19.6 Å². The monoisotopic (exact) mass is 313 g/mol. The number of hydrogen-bond acceptors (Lipinski definition) is 4. The van der Waals surface area contributed by atoms with E-state index in [9.17, 15) is 4.79 Å². The van der Waals surface area contributed by atoms with Crippen molar-refractivity contribution in [2.75, 3.05) is 19.8 Å². The fourth-order valence-corrected chi connectivity index (χ4v) is 3.67. The largest absolute Gasteiger partial charge is 0.461 e. The molecule has 0 aliphatic carbocycles. The van der Waals surface area contributed by atoms with E-state index in [0.29, 0.717) is 25.5 Å². The molecule has 0 unspecified atom stereocenters. The standard InChI is InChI=1S/C15H27NO4Si/c1-7-18-14(17)12-10-11-13(21(4,5)6)16(12)15(19-8-2)20-9-3/h10-11,15H,7-9H2,1-6H3. The van der Waals surface area contributed by atoms with Crippen LogP contribution in [0.4, 0.5) is 0 Å². The molecule has 0 aliphatic heterocycles. The molecule has 0 N–H and O–H groups in total. The van der Waals surface area contributed by atoms with E-state index in [0.717, 1.165) is 5.32 Å². The molecular weight excluding hydrogens is 286 g/mol. The number of aromatic nitrogens is 1. The normalized spacial score (nSPS) is 12.0. The van der Waals surface area contributed by atoms with Gasteiger partial charge in [0.1, 0.15) is 5.69 Å². The molecule has 5 nitrogen and oxygen atoms in total. The maximum atomic E-state index is 12.2. The predicted molar refractivity (Wildman–Crippen MR) is 85.7 cm³/mol. The van der Waals surface area contributed by atoms with Crippen molar-refractivity contribution in [3.05, 3.63) is 17.8 Å². The molecule has 0 radical (unpaired) electrons. The van der Waals surface area contributed by atoms with E-state index < -0.39 is 14.5 Å². The number of rotatable bonds is 8. The molecule has 0 aromatic carbocycles.